The molecule has 0 aliphatic carbocycles. The second kappa shape index (κ2) is 10.9. The van der Waals surface area contributed by atoms with Gasteiger partial charge < -0.3 is 25.0 Å². The summed E-state index contributed by atoms with van der Waals surface area (Å²) in [5.41, 5.74) is 2.48. The number of amides is 3. The van der Waals surface area contributed by atoms with E-state index >= 15 is 0 Å². The van der Waals surface area contributed by atoms with Crippen molar-refractivity contribution in [2.24, 2.45) is 0 Å². The molecule has 3 amide bonds. The van der Waals surface area contributed by atoms with Crippen LogP contribution in [0.1, 0.15) is 17.7 Å². The number of benzene rings is 2. The lowest BCUT2D eigenvalue weighted by atomic mass is 10.2. The summed E-state index contributed by atoms with van der Waals surface area (Å²) < 4.78 is 10.4. The molecular formula is C24H27N5O4S. The molecule has 178 valence electrons. The van der Waals surface area contributed by atoms with Crippen molar-refractivity contribution >= 4 is 45.5 Å². The summed E-state index contributed by atoms with van der Waals surface area (Å²) >= 11 is 1.25. The lowest BCUT2D eigenvalue weighted by molar-refractivity contribution is -0.115. The number of nitrogens with one attached hydrogen (secondary N) is 3. The molecule has 1 saturated heterocycles. The highest BCUT2D eigenvalue weighted by atomic mass is 32.1. The number of hydrogen-bond donors (Lipinski definition) is 3. The first-order valence-electron chi connectivity index (χ1n) is 10.9. The number of methoxy groups -OCH3 is 2. The van der Waals surface area contributed by atoms with Gasteiger partial charge in [0.15, 0.2) is 16.6 Å². The minimum absolute atomic E-state index is 0.140. The quantitative estimate of drug-likeness (QED) is 0.435. The largest absolute Gasteiger partial charge is 0.493 e. The van der Waals surface area contributed by atoms with Crippen LogP contribution >= 0.6 is 11.3 Å². The Bertz CT molecular complexity index is 1140. The van der Waals surface area contributed by atoms with Crippen LogP contribution in [0.4, 0.5) is 27.0 Å². The number of hydrogen-bond acceptors (Lipinski definition) is 7. The molecule has 1 fully saturated rings. The molecule has 0 unspecified atom stereocenters. The van der Waals surface area contributed by atoms with Gasteiger partial charge in [-0.15, -0.1) is 11.3 Å². The second-order valence-corrected chi connectivity index (χ2v) is 8.86. The zero-order chi connectivity index (χ0) is 23.9. The van der Waals surface area contributed by atoms with Crippen LogP contribution in [0.2, 0.25) is 0 Å². The van der Waals surface area contributed by atoms with E-state index in [0.29, 0.717) is 22.3 Å². The summed E-state index contributed by atoms with van der Waals surface area (Å²) in [4.78, 5) is 32.0. The lowest BCUT2D eigenvalue weighted by Gasteiger charge is -2.17. The maximum atomic E-state index is 12.4. The van der Waals surface area contributed by atoms with Crippen LogP contribution in [-0.2, 0) is 11.2 Å². The zero-order valence-corrected chi connectivity index (χ0v) is 19.9. The molecule has 1 aromatic heterocycles. The Kier molecular flexibility index (Phi) is 7.48. The third kappa shape index (κ3) is 5.96. The predicted molar refractivity (Wildman–Crippen MR) is 135 cm³/mol. The van der Waals surface area contributed by atoms with Gasteiger partial charge in [0, 0.05) is 47.3 Å². The number of rotatable bonds is 8. The van der Waals surface area contributed by atoms with Crippen molar-refractivity contribution in [3.63, 3.8) is 0 Å². The van der Waals surface area contributed by atoms with Crippen LogP contribution in [0, 0.1) is 0 Å². The van der Waals surface area contributed by atoms with Crippen LogP contribution in [-0.4, -0.2) is 44.2 Å². The van der Waals surface area contributed by atoms with E-state index in [4.69, 9.17) is 9.47 Å². The van der Waals surface area contributed by atoms with E-state index in [1.807, 2.05) is 24.3 Å². The van der Waals surface area contributed by atoms with Crippen molar-refractivity contribution in [3.05, 3.63) is 53.5 Å². The molecule has 9 nitrogen and oxygen atoms in total. The number of thiazole rings is 1. The number of carbonyl (C=O) groups excluding carboxylic acids is 2. The van der Waals surface area contributed by atoms with Crippen LogP contribution in [0.25, 0.3) is 0 Å². The van der Waals surface area contributed by atoms with Gasteiger partial charge in [-0.3, -0.25) is 10.1 Å². The van der Waals surface area contributed by atoms with Crippen molar-refractivity contribution in [2.75, 3.05) is 48.2 Å². The Hall–Kier alpha value is -3.79. The number of urea groups is 1. The summed E-state index contributed by atoms with van der Waals surface area (Å²) in [6.45, 7) is 2.17. The number of nitrogens with zero attached hydrogens (tertiary/aromatic N) is 2. The average Bonchev–Trinajstić information content (AvgIpc) is 3.52. The zero-order valence-electron chi connectivity index (χ0n) is 19.1. The topological polar surface area (TPSA) is 105 Å². The first-order valence-corrected chi connectivity index (χ1v) is 11.8. The normalized spacial score (nSPS) is 12.8. The third-order valence-electron chi connectivity index (χ3n) is 5.37. The fraction of sp³-hybridized carbons (Fsp3) is 0.292. The van der Waals surface area contributed by atoms with Crippen molar-refractivity contribution in [2.45, 2.75) is 19.3 Å². The molecule has 3 aromatic rings. The molecule has 2 heterocycles. The molecule has 4 rings (SSSR count). The highest BCUT2D eigenvalue weighted by Crippen LogP contribution is 2.30. The smallest absolute Gasteiger partial charge is 0.325 e. The number of aromatic nitrogens is 1. The highest BCUT2D eigenvalue weighted by molar-refractivity contribution is 7.15. The van der Waals surface area contributed by atoms with E-state index in [0.717, 1.165) is 23.7 Å². The van der Waals surface area contributed by atoms with Gasteiger partial charge in [0.05, 0.1) is 20.6 Å². The molecule has 0 spiro atoms. The van der Waals surface area contributed by atoms with Gasteiger partial charge in [0.1, 0.15) is 0 Å². The minimum atomic E-state index is -0.448. The van der Waals surface area contributed by atoms with Crippen molar-refractivity contribution in [3.8, 4) is 11.5 Å². The molecule has 0 radical (unpaired) electrons. The summed E-state index contributed by atoms with van der Waals surface area (Å²) in [5.74, 6) is 0.936. The van der Waals surface area contributed by atoms with E-state index in [1.165, 1.54) is 37.0 Å². The second-order valence-electron chi connectivity index (χ2n) is 7.75. The molecule has 3 N–H and O–H groups in total. The summed E-state index contributed by atoms with van der Waals surface area (Å²) in [7, 11) is 3.07. The van der Waals surface area contributed by atoms with Crippen LogP contribution in [0.3, 0.4) is 0 Å². The van der Waals surface area contributed by atoms with E-state index in [9.17, 15) is 9.59 Å². The van der Waals surface area contributed by atoms with Crippen molar-refractivity contribution in [1.82, 2.24) is 4.98 Å². The number of carbonyl (C=O) groups is 2. The maximum absolute atomic E-state index is 12.4. The third-order valence-corrected chi connectivity index (χ3v) is 6.29. The van der Waals surface area contributed by atoms with Gasteiger partial charge in [-0.25, -0.2) is 9.78 Å². The first-order chi connectivity index (χ1) is 16.5. The molecular weight excluding hydrogens is 454 g/mol. The standard InChI is InChI=1S/C24H27N5O4S/c1-32-20-10-7-17(13-21(20)33-2)27-23(31)28-24-25-15-19(34-24)14-22(30)26-16-5-8-18(9-6-16)29-11-3-4-12-29/h5-10,13,15H,3-4,11-12,14H2,1-2H3,(H,26,30)(H2,25,27,28,31). The average molecular weight is 482 g/mol. The molecule has 0 saturated carbocycles. The predicted octanol–water partition coefficient (Wildman–Crippen LogP) is 4.59. The Labute approximate surface area is 202 Å². The van der Waals surface area contributed by atoms with E-state index in [-0.39, 0.29) is 12.3 Å². The van der Waals surface area contributed by atoms with Gasteiger partial charge in [0.25, 0.3) is 0 Å². The van der Waals surface area contributed by atoms with Gasteiger partial charge in [0.2, 0.25) is 5.91 Å². The van der Waals surface area contributed by atoms with Gasteiger partial charge in [-0.2, -0.15) is 0 Å². The minimum Gasteiger partial charge on any atom is -0.493 e. The van der Waals surface area contributed by atoms with E-state index < -0.39 is 6.03 Å². The van der Waals surface area contributed by atoms with Crippen molar-refractivity contribution in [1.29, 1.82) is 0 Å². The molecule has 2 aromatic carbocycles. The molecule has 0 atom stereocenters. The number of anilines is 4. The Balaban J connectivity index is 1.27. The lowest BCUT2D eigenvalue weighted by Crippen LogP contribution is -2.19. The van der Waals surface area contributed by atoms with Crippen LogP contribution in [0.15, 0.2) is 48.7 Å². The monoisotopic (exact) mass is 481 g/mol. The number of ether oxygens (including phenoxy) is 2. The Morgan fingerprint density at radius 3 is 2.35 bits per heavy atom. The molecule has 34 heavy (non-hydrogen) atoms. The van der Waals surface area contributed by atoms with E-state index in [2.05, 4.69) is 25.8 Å². The van der Waals surface area contributed by atoms with Crippen LogP contribution in [0.5, 0.6) is 11.5 Å². The molecule has 10 heteroatoms. The van der Waals surface area contributed by atoms with Crippen LogP contribution < -0.4 is 30.3 Å². The molecule has 0 bridgehead atoms. The Morgan fingerprint density at radius 2 is 1.65 bits per heavy atom. The highest BCUT2D eigenvalue weighted by Gasteiger charge is 2.14. The molecule has 1 aliphatic rings. The van der Waals surface area contributed by atoms with E-state index in [1.54, 1.807) is 31.5 Å². The van der Waals surface area contributed by atoms with Crippen molar-refractivity contribution < 1.29 is 19.1 Å². The first kappa shape index (κ1) is 23.4. The fourth-order valence-electron chi connectivity index (χ4n) is 3.71. The summed E-state index contributed by atoms with van der Waals surface area (Å²) in [6, 6.07) is 12.5. The fourth-order valence-corrected chi connectivity index (χ4v) is 4.52. The Morgan fingerprint density at radius 1 is 0.941 bits per heavy atom. The maximum Gasteiger partial charge on any atom is 0.325 e. The van der Waals surface area contributed by atoms with Gasteiger partial charge >= 0.3 is 6.03 Å². The summed E-state index contributed by atoms with van der Waals surface area (Å²) in [6.07, 6.45) is 4.21. The SMILES string of the molecule is COc1ccc(NC(=O)Nc2ncc(CC(=O)Nc3ccc(N4CCCC4)cc3)s2)cc1OC. The molecule has 1 aliphatic heterocycles. The summed E-state index contributed by atoms with van der Waals surface area (Å²) in [5, 5.41) is 8.71. The van der Waals surface area contributed by atoms with Gasteiger partial charge in [-0.1, -0.05) is 0 Å². The van der Waals surface area contributed by atoms with Gasteiger partial charge in [-0.05, 0) is 49.2 Å².